The maximum absolute atomic E-state index is 13.7. The van der Waals surface area contributed by atoms with E-state index in [1.54, 1.807) is 6.20 Å². The third-order valence-electron chi connectivity index (χ3n) is 6.69. The predicted molar refractivity (Wildman–Crippen MR) is 139 cm³/mol. The summed E-state index contributed by atoms with van der Waals surface area (Å²) in [5.74, 6) is 0.474. The average molecular weight is 479 g/mol. The lowest BCUT2D eigenvalue weighted by atomic mass is 9.99. The first-order chi connectivity index (χ1) is 16.9. The molecule has 2 N–H and O–H groups in total. The van der Waals surface area contributed by atoms with Gasteiger partial charge in [-0.1, -0.05) is 18.2 Å². The normalized spacial score (nSPS) is 14.8. The quantitative estimate of drug-likeness (QED) is 0.506. The lowest BCUT2D eigenvalue weighted by Gasteiger charge is -2.27. The molecule has 0 spiro atoms. The summed E-state index contributed by atoms with van der Waals surface area (Å²) in [6, 6.07) is 10.4. The van der Waals surface area contributed by atoms with Crippen LogP contribution in [0.5, 0.6) is 0 Å². The highest BCUT2D eigenvalue weighted by atomic mass is 16.5. The van der Waals surface area contributed by atoms with E-state index in [2.05, 4.69) is 49.1 Å². The van der Waals surface area contributed by atoms with Crippen molar-refractivity contribution in [2.75, 3.05) is 46.9 Å². The molecule has 1 amide bonds. The van der Waals surface area contributed by atoms with E-state index in [1.165, 1.54) is 5.56 Å². The van der Waals surface area contributed by atoms with Gasteiger partial charge in [0, 0.05) is 58.0 Å². The Morgan fingerprint density at radius 1 is 1.23 bits per heavy atom. The van der Waals surface area contributed by atoms with Gasteiger partial charge in [0.25, 0.3) is 5.91 Å². The van der Waals surface area contributed by atoms with E-state index in [9.17, 15) is 4.79 Å². The maximum atomic E-state index is 13.7. The second kappa shape index (κ2) is 11.3. The Bertz CT molecular complexity index is 1150. The minimum absolute atomic E-state index is 0.00674. The number of hydrogen-bond donors (Lipinski definition) is 1. The number of amides is 1. The summed E-state index contributed by atoms with van der Waals surface area (Å²) >= 11 is 0. The zero-order chi connectivity index (χ0) is 24.9. The summed E-state index contributed by atoms with van der Waals surface area (Å²) in [4.78, 5) is 22.7. The summed E-state index contributed by atoms with van der Waals surface area (Å²) in [7, 11) is 3.96. The van der Waals surface area contributed by atoms with E-state index >= 15 is 0 Å². The molecule has 3 aromatic rings. The van der Waals surface area contributed by atoms with Crippen molar-refractivity contribution in [1.29, 1.82) is 0 Å². The van der Waals surface area contributed by atoms with Crippen molar-refractivity contribution in [2.45, 2.75) is 39.3 Å². The molecule has 0 unspecified atom stereocenters. The molecule has 0 saturated carbocycles. The van der Waals surface area contributed by atoms with Crippen molar-refractivity contribution >= 4 is 16.9 Å². The fourth-order valence-corrected chi connectivity index (χ4v) is 4.77. The Kier molecular flexibility index (Phi) is 8.15. The third kappa shape index (κ3) is 5.89. The first-order valence-corrected chi connectivity index (χ1v) is 12.6. The van der Waals surface area contributed by atoms with Gasteiger partial charge in [-0.05, 0) is 57.4 Å². The van der Waals surface area contributed by atoms with Crippen LogP contribution in [-0.4, -0.2) is 77.4 Å². The van der Waals surface area contributed by atoms with Crippen LogP contribution in [0.1, 0.15) is 48.7 Å². The highest BCUT2D eigenvalue weighted by Gasteiger charge is 2.24. The summed E-state index contributed by atoms with van der Waals surface area (Å²) in [6.45, 7) is 8.68. The van der Waals surface area contributed by atoms with Gasteiger partial charge in [0.1, 0.15) is 0 Å². The van der Waals surface area contributed by atoms with Crippen LogP contribution in [0.4, 0.5) is 0 Å². The second-order valence-corrected chi connectivity index (χ2v) is 9.94. The molecule has 1 saturated heterocycles. The molecule has 2 aromatic heterocycles. The van der Waals surface area contributed by atoms with E-state index in [1.807, 2.05) is 28.8 Å². The number of aromatic nitrogens is 3. The molecule has 1 aliphatic rings. The van der Waals surface area contributed by atoms with E-state index in [0.717, 1.165) is 68.0 Å². The van der Waals surface area contributed by atoms with Gasteiger partial charge in [0.2, 0.25) is 0 Å². The van der Waals surface area contributed by atoms with Crippen LogP contribution in [0.15, 0.2) is 36.5 Å². The molecule has 0 radical (unpaired) electrons. The van der Waals surface area contributed by atoms with Crippen molar-refractivity contribution in [2.24, 2.45) is 11.7 Å². The summed E-state index contributed by atoms with van der Waals surface area (Å²) in [5.41, 5.74) is 10.1. The van der Waals surface area contributed by atoms with E-state index in [-0.39, 0.29) is 11.9 Å². The Morgan fingerprint density at radius 2 is 2.00 bits per heavy atom. The molecule has 1 fully saturated rings. The number of ether oxygens (including phenoxy) is 1. The fraction of sp³-hybridized carbons (Fsp3) is 0.519. The number of nitrogens with two attached hydrogens (primary N) is 1. The molecule has 0 bridgehead atoms. The summed E-state index contributed by atoms with van der Waals surface area (Å²) in [5, 5.41) is 5.37. The molecule has 188 valence electrons. The van der Waals surface area contributed by atoms with Gasteiger partial charge in [0.15, 0.2) is 5.65 Å². The number of hydrogen-bond acceptors (Lipinski definition) is 6. The molecule has 4 rings (SSSR count). The molecule has 35 heavy (non-hydrogen) atoms. The minimum Gasteiger partial charge on any atom is -0.381 e. The summed E-state index contributed by atoms with van der Waals surface area (Å²) in [6.07, 6.45) is 3.76. The summed E-state index contributed by atoms with van der Waals surface area (Å²) < 4.78 is 7.38. The first kappa shape index (κ1) is 25.3. The fourth-order valence-electron chi connectivity index (χ4n) is 4.77. The number of nitrogens with zero attached hydrogens (tertiary/aromatic N) is 5. The van der Waals surface area contributed by atoms with Gasteiger partial charge in [-0.25, -0.2) is 9.67 Å². The third-order valence-corrected chi connectivity index (χ3v) is 6.69. The molecule has 8 heteroatoms. The average Bonchev–Trinajstić information content (AvgIpc) is 3.28. The number of benzene rings is 1. The van der Waals surface area contributed by atoms with E-state index in [0.29, 0.717) is 18.0 Å². The van der Waals surface area contributed by atoms with Crippen LogP contribution >= 0.6 is 0 Å². The molecule has 8 nitrogen and oxygen atoms in total. The molecular weight excluding hydrogens is 440 g/mol. The van der Waals surface area contributed by atoms with Crippen molar-refractivity contribution in [3.05, 3.63) is 47.7 Å². The van der Waals surface area contributed by atoms with Gasteiger partial charge in [0.05, 0.1) is 22.8 Å². The Hall–Kier alpha value is -2.81. The van der Waals surface area contributed by atoms with Gasteiger partial charge < -0.3 is 20.3 Å². The topological polar surface area (TPSA) is 89.5 Å². The lowest BCUT2D eigenvalue weighted by Crippen LogP contribution is -2.34. The smallest absolute Gasteiger partial charge is 0.254 e. The van der Waals surface area contributed by atoms with Crippen LogP contribution < -0.4 is 5.73 Å². The molecular formula is C27H38N6O2. The van der Waals surface area contributed by atoms with Crippen molar-refractivity contribution < 1.29 is 9.53 Å². The second-order valence-electron chi connectivity index (χ2n) is 9.94. The highest BCUT2D eigenvalue weighted by Crippen LogP contribution is 2.28. The van der Waals surface area contributed by atoms with Crippen LogP contribution in [0.3, 0.4) is 0 Å². The van der Waals surface area contributed by atoms with E-state index < -0.39 is 0 Å². The number of carbonyl (C=O) groups excluding carboxylic acids is 1. The van der Waals surface area contributed by atoms with Crippen LogP contribution in [0, 0.1) is 5.92 Å². The number of pyridine rings is 1. The molecule has 1 aliphatic heterocycles. The van der Waals surface area contributed by atoms with Gasteiger partial charge in [-0.15, -0.1) is 0 Å². The van der Waals surface area contributed by atoms with Crippen LogP contribution in [0.2, 0.25) is 0 Å². The molecule has 3 heterocycles. The predicted octanol–water partition coefficient (Wildman–Crippen LogP) is 3.57. The van der Waals surface area contributed by atoms with Gasteiger partial charge >= 0.3 is 0 Å². The van der Waals surface area contributed by atoms with Crippen LogP contribution in [-0.2, 0) is 11.3 Å². The Morgan fingerprint density at radius 3 is 2.71 bits per heavy atom. The zero-order valence-electron chi connectivity index (χ0n) is 21.4. The van der Waals surface area contributed by atoms with Gasteiger partial charge in [-0.3, -0.25) is 4.79 Å². The number of likely N-dealkylation sites (N-methyl/N-ethyl adjacent to an activating group) is 1. The van der Waals surface area contributed by atoms with Crippen molar-refractivity contribution in [1.82, 2.24) is 24.6 Å². The number of fused-ring (bicyclic) bond motifs is 1. The lowest BCUT2D eigenvalue weighted by molar-refractivity contribution is 0.0498. The van der Waals surface area contributed by atoms with Crippen molar-refractivity contribution in [3.8, 4) is 11.3 Å². The van der Waals surface area contributed by atoms with E-state index in [4.69, 9.17) is 15.5 Å². The Labute approximate surface area is 208 Å². The van der Waals surface area contributed by atoms with Crippen molar-refractivity contribution in [3.63, 3.8) is 0 Å². The number of rotatable bonds is 9. The van der Waals surface area contributed by atoms with Crippen LogP contribution in [0.25, 0.3) is 22.3 Å². The molecule has 0 aliphatic carbocycles. The largest absolute Gasteiger partial charge is 0.381 e. The maximum Gasteiger partial charge on any atom is 0.254 e. The monoisotopic (exact) mass is 478 g/mol. The zero-order valence-corrected chi connectivity index (χ0v) is 21.4. The minimum atomic E-state index is 0.00674. The first-order valence-electron chi connectivity index (χ1n) is 12.6. The standard InChI is InChI=1S/C27H38N6O2/c1-19(2)33-26-24(16-29-33)23(27(34)32(4)18-20-8-12-35-13-9-20)15-25(30-26)22-7-5-6-21(14-22)17-31(3)11-10-28/h5-7,14-16,19-20H,8-13,17-18,28H2,1-4H3. The molecule has 1 aromatic carbocycles. The highest BCUT2D eigenvalue weighted by molar-refractivity contribution is 6.06. The Balaban J connectivity index is 1.71. The molecule has 0 atom stereocenters. The van der Waals surface area contributed by atoms with Gasteiger partial charge in [-0.2, -0.15) is 5.10 Å². The number of carbonyl (C=O) groups is 1. The SMILES string of the molecule is CC(C)n1ncc2c(C(=O)N(C)CC3CCOCC3)cc(-c3cccc(CN(C)CCN)c3)nc21.